The fourth-order valence-electron chi connectivity index (χ4n) is 9.13. The van der Waals surface area contributed by atoms with Gasteiger partial charge in [-0.15, -0.1) is 0 Å². The summed E-state index contributed by atoms with van der Waals surface area (Å²) in [5.74, 6) is -0.865. The minimum atomic E-state index is -0.775. The highest BCUT2D eigenvalue weighted by Crippen LogP contribution is 2.17. The van der Waals surface area contributed by atoms with Crippen LogP contribution in [0, 0.1) is 0 Å². The van der Waals surface area contributed by atoms with E-state index in [1.807, 2.05) is 0 Å². The van der Waals surface area contributed by atoms with Gasteiger partial charge in [-0.25, -0.2) is 0 Å². The van der Waals surface area contributed by atoms with Crippen molar-refractivity contribution >= 4 is 17.9 Å². The first-order valence-corrected chi connectivity index (χ1v) is 32.1. The molecule has 0 saturated heterocycles. The normalized spacial score (nSPS) is 12.6. The van der Waals surface area contributed by atoms with Gasteiger partial charge in [0.15, 0.2) is 6.10 Å². The summed E-state index contributed by atoms with van der Waals surface area (Å²) < 4.78 is 16.9. The molecule has 6 heteroatoms. The third-order valence-electron chi connectivity index (χ3n) is 13.9. The molecule has 1 unspecified atom stereocenters. The predicted molar refractivity (Wildman–Crippen MR) is 325 cm³/mol. The molecule has 0 heterocycles. The molecule has 0 rings (SSSR count). The van der Waals surface area contributed by atoms with E-state index in [4.69, 9.17) is 14.2 Å². The van der Waals surface area contributed by atoms with E-state index >= 15 is 0 Å². The number of ether oxygens (including phenoxy) is 3. The number of hydrogen-bond donors (Lipinski definition) is 0. The molecule has 0 aromatic rings. The van der Waals surface area contributed by atoms with Gasteiger partial charge in [-0.2, -0.15) is 0 Å². The molecule has 0 aromatic carbocycles. The van der Waals surface area contributed by atoms with Gasteiger partial charge in [0, 0.05) is 19.3 Å². The fraction of sp³-hybridized carbons (Fsp3) is 0.754. The Morgan fingerprint density at radius 1 is 0.280 bits per heavy atom. The summed E-state index contributed by atoms with van der Waals surface area (Å²) in [5, 5.41) is 0. The molecular weight excluding hydrogens is 925 g/mol. The lowest BCUT2D eigenvalue weighted by atomic mass is 10.0. The molecular formula is C69H120O6. The van der Waals surface area contributed by atoms with E-state index in [-0.39, 0.29) is 31.1 Å². The van der Waals surface area contributed by atoms with Crippen molar-refractivity contribution < 1.29 is 28.6 Å². The summed E-state index contributed by atoms with van der Waals surface area (Å²) >= 11 is 0. The Kier molecular flexibility index (Phi) is 60.3. The van der Waals surface area contributed by atoms with Crippen molar-refractivity contribution in [3.63, 3.8) is 0 Å². The third-order valence-corrected chi connectivity index (χ3v) is 13.9. The summed E-state index contributed by atoms with van der Waals surface area (Å²) in [6.07, 6.45) is 83.0. The Morgan fingerprint density at radius 2 is 0.520 bits per heavy atom. The first-order chi connectivity index (χ1) is 37.0. The summed E-state index contributed by atoms with van der Waals surface area (Å²) in [5.41, 5.74) is 0. The summed E-state index contributed by atoms with van der Waals surface area (Å²) in [6.45, 7) is 6.55. The van der Waals surface area contributed by atoms with Crippen LogP contribution in [0.1, 0.15) is 316 Å². The van der Waals surface area contributed by atoms with E-state index in [9.17, 15) is 14.4 Å². The van der Waals surface area contributed by atoms with Crippen molar-refractivity contribution in [1.82, 2.24) is 0 Å². The van der Waals surface area contributed by atoms with Gasteiger partial charge in [0.1, 0.15) is 13.2 Å². The highest BCUT2D eigenvalue weighted by molar-refractivity contribution is 5.71. The van der Waals surface area contributed by atoms with Gasteiger partial charge in [0.05, 0.1) is 0 Å². The van der Waals surface area contributed by atoms with Crippen LogP contribution in [0.2, 0.25) is 0 Å². The van der Waals surface area contributed by atoms with Gasteiger partial charge >= 0.3 is 17.9 Å². The van der Waals surface area contributed by atoms with Crippen LogP contribution in [0.3, 0.4) is 0 Å². The largest absolute Gasteiger partial charge is 0.462 e. The molecule has 0 bridgehead atoms. The number of carbonyl (C=O) groups excluding carboxylic acids is 3. The van der Waals surface area contributed by atoms with Crippen LogP contribution in [-0.4, -0.2) is 37.2 Å². The van der Waals surface area contributed by atoms with Crippen molar-refractivity contribution in [2.24, 2.45) is 0 Å². The molecule has 0 amide bonds. The molecule has 432 valence electrons. The zero-order chi connectivity index (χ0) is 54.3. The van der Waals surface area contributed by atoms with Crippen LogP contribution in [0.5, 0.6) is 0 Å². The molecule has 0 aliphatic rings. The quantitative estimate of drug-likeness (QED) is 0.0261. The number of unbranched alkanes of at least 4 members (excludes halogenated alkanes) is 33. The number of esters is 3. The Hall–Kier alpha value is -3.41. The maximum Gasteiger partial charge on any atom is 0.306 e. The maximum absolute atomic E-state index is 12.9. The molecule has 0 spiro atoms. The number of hydrogen-bond acceptors (Lipinski definition) is 6. The Morgan fingerprint density at radius 3 is 0.813 bits per heavy atom. The number of rotatable bonds is 58. The second-order valence-electron chi connectivity index (χ2n) is 21.3. The van der Waals surface area contributed by atoms with Gasteiger partial charge < -0.3 is 14.2 Å². The molecule has 6 nitrogen and oxygen atoms in total. The summed E-state index contributed by atoms with van der Waals surface area (Å²) in [4.78, 5) is 38.2. The lowest BCUT2D eigenvalue weighted by molar-refractivity contribution is -0.167. The second kappa shape index (κ2) is 63.1. The van der Waals surface area contributed by atoms with Gasteiger partial charge in [-0.1, -0.05) is 305 Å². The molecule has 0 saturated carbocycles. The lowest BCUT2D eigenvalue weighted by Gasteiger charge is -2.18. The average Bonchev–Trinajstić information content (AvgIpc) is 3.41. The van der Waals surface area contributed by atoms with Crippen molar-refractivity contribution in [3.05, 3.63) is 85.1 Å². The van der Waals surface area contributed by atoms with Crippen LogP contribution >= 0.6 is 0 Å². The van der Waals surface area contributed by atoms with Gasteiger partial charge in [-0.05, 0) is 77.0 Å². The molecule has 75 heavy (non-hydrogen) atoms. The molecule has 1 atom stereocenters. The molecule has 0 fully saturated rings. The topological polar surface area (TPSA) is 78.9 Å². The predicted octanol–water partition coefficient (Wildman–Crippen LogP) is 21.9. The highest BCUT2D eigenvalue weighted by atomic mass is 16.6. The van der Waals surface area contributed by atoms with Crippen LogP contribution in [-0.2, 0) is 28.6 Å². The lowest BCUT2D eigenvalue weighted by Crippen LogP contribution is -2.30. The van der Waals surface area contributed by atoms with Crippen LogP contribution < -0.4 is 0 Å². The maximum atomic E-state index is 12.9. The minimum Gasteiger partial charge on any atom is -0.462 e. The van der Waals surface area contributed by atoms with E-state index in [1.165, 1.54) is 167 Å². The molecule has 0 aliphatic heterocycles. The first kappa shape index (κ1) is 71.6. The minimum absolute atomic E-state index is 0.0728. The molecule has 0 aliphatic carbocycles. The second-order valence-corrected chi connectivity index (χ2v) is 21.3. The molecule has 0 radical (unpaired) electrons. The number of carbonyl (C=O) groups is 3. The van der Waals surface area contributed by atoms with Crippen LogP contribution in [0.15, 0.2) is 85.1 Å². The van der Waals surface area contributed by atoms with E-state index in [0.717, 1.165) is 109 Å². The van der Waals surface area contributed by atoms with Crippen molar-refractivity contribution in [1.29, 1.82) is 0 Å². The van der Waals surface area contributed by atoms with Crippen LogP contribution in [0.25, 0.3) is 0 Å². The zero-order valence-corrected chi connectivity index (χ0v) is 49.6. The van der Waals surface area contributed by atoms with E-state index in [2.05, 4.69) is 106 Å². The Balaban J connectivity index is 4.21. The fourth-order valence-corrected chi connectivity index (χ4v) is 9.13. The van der Waals surface area contributed by atoms with Gasteiger partial charge in [0.2, 0.25) is 0 Å². The van der Waals surface area contributed by atoms with Crippen molar-refractivity contribution in [2.75, 3.05) is 13.2 Å². The van der Waals surface area contributed by atoms with Gasteiger partial charge in [-0.3, -0.25) is 14.4 Å². The van der Waals surface area contributed by atoms with Gasteiger partial charge in [0.25, 0.3) is 0 Å². The van der Waals surface area contributed by atoms with E-state index < -0.39 is 6.10 Å². The summed E-state index contributed by atoms with van der Waals surface area (Å²) in [6, 6.07) is 0. The smallest absolute Gasteiger partial charge is 0.306 e. The average molecular weight is 1050 g/mol. The standard InChI is InChI=1S/C69H120O6/c1-4-7-10-13-16-19-22-25-27-28-29-30-31-32-33-34-35-36-37-38-39-40-41-42-43-45-47-50-53-56-59-62-68(71)74-65-66(64-73-67(70)61-58-55-52-49-46-24-21-18-15-12-9-6-3)75-69(72)63-60-57-54-51-48-44-26-23-20-17-14-11-8-5-2/h7,10,16,19,25,27,29-30,32-33,35-36,38-39,66H,4-6,8-9,11-15,17-18,20-24,26,28,31,34,37,40-65H2,1-3H3/b10-7-,19-16-,27-25-,30-29-,33-32-,36-35-,39-38-. The van der Waals surface area contributed by atoms with Crippen molar-refractivity contribution in [3.8, 4) is 0 Å². The zero-order valence-electron chi connectivity index (χ0n) is 49.6. The monoisotopic (exact) mass is 1040 g/mol. The highest BCUT2D eigenvalue weighted by Gasteiger charge is 2.19. The summed E-state index contributed by atoms with van der Waals surface area (Å²) in [7, 11) is 0. The first-order valence-electron chi connectivity index (χ1n) is 32.1. The van der Waals surface area contributed by atoms with E-state index in [0.29, 0.717) is 19.3 Å². The molecule has 0 aromatic heterocycles. The Bertz CT molecular complexity index is 1430. The number of allylic oxidation sites excluding steroid dienone is 14. The Labute approximate surface area is 465 Å². The molecule has 0 N–H and O–H groups in total. The third kappa shape index (κ3) is 61.3. The van der Waals surface area contributed by atoms with Crippen molar-refractivity contribution in [2.45, 2.75) is 322 Å². The van der Waals surface area contributed by atoms with E-state index in [1.54, 1.807) is 0 Å². The SMILES string of the molecule is CC/C=C\C/C=C\C/C=C\C/C=C\C/C=C\C/C=C\C/C=C\CCCCCCCCCCCC(=O)OCC(COC(=O)CCCCCCCCCCCCCC)OC(=O)CCCCCCCCCCCCCCCC. The van der Waals surface area contributed by atoms with Crippen LogP contribution in [0.4, 0.5) is 0 Å².